The number of β-amino-alcohol motifs (C(OH)–C–C–N with tert-alkyl or cyclic N) is 1. The minimum Gasteiger partial charge on any atom is -0.491 e. The van der Waals surface area contributed by atoms with Crippen molar-refractivity contribution in [2.45, 2.75) is 25.5 Å². The molecule has 0 spiro atoms. The number of benzene rings is 2. The molecule has 0 aromatic heterocycles. The average molecular weight is 389 g/mol. The summed E-state index contributed by atoms with van der Waals surface area (Å²) in [5.41, 5.74) is 0.465. The maximum atomic E-state index is 12.8. The normalized spacial score (nSPS) is 20.5. The maximum absolute atomic E-state index is 12.8. The fourth-order valence-corrected chi connectivity index (χ4v) is 3.13. The molecule has 2 N–H and O–H groups in total. The van der Waals surface area contributed by atoms with E-state index < -0.39 is 23.6 Å². The summed E-state index contributed by atoms with van der Waals surface area (Å²) in [4.78, 5) is 26.2. The first kappa shape index (κ1) is 19.2. The third kappa shape index (κ3) is 4.07. The van der Waals surface area contributed by atoms with Gasteiger partial charge in [-0.15, -0.1) is 0 Å². The van der Waals surface area contributed by atoms with Gasteiger partial charge in [0, 0.05) is 5.02 Å². The molecule has 1 aliphatic heterocycles. The van der Waals surface area contributed by atoms with Gasteiger partial charge in [-0.1, -0.05) is 35.9 Å². The first-order chi connectivity index (χ1) is 12.8. The van der Waals surface area contributed by atoms with E-state index in [2.05, 4.69) is 5.32 Å². The summed E-state index contributed by atoms with van der Waals surface area (Å²) < 4.78 is 5.54. The Bertz CT molecular complexity index is 855. The average Bonchev–Trinajstić information content (AvgIpc) is 2.85. The van der Waals surface area contributed by atoms with Gasteiger partial charge in [-0.05, 0) is 49.2 Å². The second kappa shape index (κ2) is 7.58. The fraction of sp³-hybridized carbons (Fsp3) is 0.300. The van der Waals surface area contributed by atoms with E-state index >= 15 is 0 Å². The molecule has 2 atom stereocenters. The summed E-state index contributed by atoms with van der Waals surface area (Å²) in [5.74, 6) is 0.196. The number of carbonyl (C=O) groups excluding carboxylic acids is 2. The van der Waals surface area contributed by atoms with Gasteiger partial charge in [0.15, 0.2) is 0 Å². The van der Waals surface area contributed by atoms with Gasteiger partial charge in [0.2, 0.25) is 0 Å². The first-order valence-corrected chi connectivity index (χ1v) is 8.95. The molecule has 1 saturated heterocycles. The van der Waals surface area contributed by atoms with Gasteiger partial charge >= 0.3 is 6.03 Å². The standard InChI is InChI=1S/C20H21ClN2O4/c1-13-4-3-5-17(10-13)27-12-16(24)11-23-18(25)20(2,22-19(23)26)14-6-8-15(21)9-7-14/h3-10,16,24H,11-12H2,1-2H3,(H,22,26)/t16-,20-/m0/s1. The molecule has 1 aliphatic rings. The van der Waals surface area contributed by atoms with Crippen molar-refractivity contribution in [3.05, 3.63) is 64.7 Å². The van der Waals surface area contributed by atoms with E-state index in [0.29, 0.717) is 16.3 Å². The molecule has 6 nitrogen and oxygen atoms in total. The number of urea groups is 1. The SMILES string of the molecule is Cc1cccc(OC[C@@H](O)CN2C(=O)N[C@@](C)(c3ccc(Cl)cc3)C2=O)c1. The van der Waals surface area contributed by atoms with Crippen LogP contribution in [0.2, 0.25) is 5.02 Å². The third-order valence-corrected chi connectivity index (χ3v) is 4.77. The van der Waals surface area contributed by atoms with Crippen LogP contribution in [0.25, 0.3) is 0 Å². The Morgan fingerprint density at radius 3 is 2.59 bits per heavy atom. The summed E-state index contributed by atoms with van der Waals surface area (Å²) in [6.45, 7) is 3.39. The highest BCUT2D eigenvalue weighted by Gasteiger charge is 2.49. The highest BCUT2D eigenvalue weighted by atomic mass is 35.5. The lowest BCUT2D eigenvalue weighted by molar-refractivity contribution is -0.132. The van der Waals surface area contributed by atoms with Gasteiger partial charge in [0.25, 0.3) is 5.91 Å². The Labute approximate surface area is 162 Å². The van der Waals surface area contributed by atoms with Crippen molar-refractivity contribution in [2.24, 2.45) is 0 Å². The van der Waals surface area contributed by atoms with Gasteiger partial charge < -0.3 is 15.2 Å². The number of aryl methyl sites for hydroxylation is 1. The zero-order valence-corrected chi connectivity index (χ0v) is 15.9. The molecule has 1 heterocycles. The van der Waals surface area contributed by atoms with Crippen LogP contribution in [0.15, 0.2) is 48.5 Å². The number of rotatable bonds is 6. The minimum atomic E-state index is -1.20. The largest absolute Gasteiger partial charge is 0.491 e. The fourth-order valence-electron chi connectivity index (χ4n) is 3.00. The zero-order valence-electron chi connectivity index (χ0n) is 15.1. The summed E-state index contributed by atoms with van der Waals surface area (Å²) in [5, 5.41) is 13.5. The van der Waals surface area contributed by atoms with Crippen molar-refractivity contribution in [1.82, 2.24) is 10.2 Å². The van der Waals surface area contributed by atoms with Crippen molar-refractivity contribution >= 4 is 23.5 Å². The molecule has 27 heavy (non-hydrogen) atoms. The van der Waals surface area contributed by atoms with Crippen LogP contribution in [-0.2, 0) is 10.3 Å². The quantitative estimate of drug-likeness (QED) is 0.746. The van der Waals surface area contributed by atoms with Gasteiger partial charge in [0.1, 0.15) is 24.0 Å². The Morgan fingerprint density at radius 2 is 1.93 bits per heavy atom. The smallest absolute Gasteiger partial charge is 0.325 e. The summed E-state index contributed by atoms with van der Waals surface area (Å²) >= 11 is 5.89. The minimum absolute atomic E-state index is 0.0296. The molecule has 142 valence electrons. The lowest BCUT2D eigenvalue weighted by Gasteiger charge is -2.23. The van der Waals surface area contributed by atoms with E-state index in [4.69, 9.17) is 16.3 Å². The van der Waals surface area contributed by atoms with Gasteiger partial charge in [-0.25, -0.2) is 4.79 Å². The molecule has 0 radical (unpaired) electrons. The molecule has 7 heteroatoms. The topological polar surface area (TPSA) is 78.9 Å². The van der Waals surface area contributed by atoms with E-state index in [1.165, 1.54) is 0 Å². The number of imide groups is 1. The number of amides is 3. The summed E-state index contributed by atoms with van der Waals surface area (Å²) in [6.07, 6.45) is -1.01. The van der Waals surface area contributed by atoms with Crippen molar-refractivity contribution in [3.63, 3.8) is 0 Å². The lowest BCUT2D eigenvalue weighted by atomic mass is 9.92. The van der Waals surface area contributed by atoms with Gasteiger partial charge in [-0.3, -0.25) is 9.69 Å². The Kier molecular flexibility index (Phi) is 5.39. The second-order valence-electron chi connectivity index (χ2n) is 6.76. The third-order valence-electron chi connectivity index (χ3n) is 4.52. The number of nitrogens with one attached hydrogen (secondary N) is 1. The van der Waals surface area contributed by atoms with Crippen molar-refractivity contribution in [1.29, 1.82) is 0 Å². The predicted molar refractivity (Wildman–Crippen MR) is 102 cm³/mol. The molecule has 0 aliphatic carbocycles. The molecule has 0 unspecified atom stereocenters. The number of carbonyl (C=O) groups is 2. The number of aliphatic hydroxyl groups excluding tert-OH is 1. The maximum Gasteiger partial charge on any atom is 0.325 e. The number of ether oxygens (including phenoxy) is 1. The second-order valence-corrected chi connectivity index (χ2v) is 7.20. The highest BCUT2D eigenvalue weighted by Crippen LogP contribution is 2.29. The van der Waals surface area contributed by atoms with E-state index in [-0.39, 0.29) is 13.2 Å². The number of hydrogen-bond acceptors (Lipinski definition) is 4. The first-order valence-electron chi connectivity index (χ1n) is 8.57. The zero-order chi connectivity index (χ0) is 19.6. The van der Waals surface area contributed by atoms with Crippen LogP contribution >= 0.6 is 11.6 Å². The molecule has 2 aromatic rings. The molecular formula is C20H21ClN2O4. The molecule has 1 fully saturated rings. The van der Waals surface area contributed by atoms with Gasteiger partial charge in [0.05, 0.1) is 6.54 Å². The van der Waals surface area contributed by atoms with Crippen LogP contribution in [0.1, 0.15) is 18.1 Å². The van der Waals surface area contributed by atoms with E-state index in [1.807, 2.05) is 25.1 Å². The van der Waals surface area contributed by atoms with Crippen molar-refractivity contribution in [3.8, 4) is 5.75 Å². The lowest BCUT2D eigenvalue weighted by Crippen LogP contribution is -2.42. The van der Waals surface area contributed by atoms with Crippen LogP contribution in [0.4, 0.5) is 4.79 Å². The molecule has 0 saturated carbocycles. The molecule has 3 amide bonds. The van der Waals surface area contributed by atoms with Crippen molar-refractivity contribution in [2.75, 3.05) is 13.2 Å². The number of hydrogen-bond donors (Lipinski definition) is 2. The van der Waals surface area contributed by atoms with Gasteiger partial charge in [-0.2, -0.15) is 0 Å². The molecule has 0 bridgehead atoms. The Hall–Kier alpha value is -2.57. The molecule has 3 rings (SSSR count). The predicted octanol–water partition coefficient (Wildman–Crippen LogP) is 2.86. The van der Waals surface area contributed by atoms with Crippen molar-refractivity contribution < 1.29 is 19.4 Å². The Balaban J connectivity index is 1.65. The molecule has 2 aromatic carbocycles. The number of halogens is 1. The number of nitrogens with zero attached hydrogens (tertiary/aromatic N) is 1. The Morgan fingerprint density at radius 1 is 1.22 bits per heavy atom. The van der Waals surface area contributed by atoms with E-state index in [0.717, 1.165) is 10.5 Å². The monoisotopic (exact) mass is 388 g/mol. The van der Waals surface area contributed by atoms with Crippen LogP contribution in [0.3, 0.4) is 0 Å². The van der Waals surface area contributed by atoms with E-state index in [1.54, 1.807) is 37.3 Å². The number of aliphatic hydroxyl groups is 1. The summed E-state index contributed by atoms with van der Waals surface area (Å²) in [7, 11) is 0. The van der Waals surface area contributed by atoms with Crippen LogP contribution in [-0.4, -0.2) is 41.2 Å². The van der Waals surface area contributed by atoms with Crippen LogP contribution in [0, 0.1) is 6.92 Å². The summed E-state index contributed by atoms with van der Waals surface area (Å²) in [6, 6.07) is 13.6. The molecular weight excluding hydrogens is 368 g/mol. The van der Waals surface area contributed by atoms with E-state index in [9.17, 15) is 14.7 Å². The van der Waals surface area contributed by atoms with Crippen LogP contribution < -0.4 is 10.1 Å². The van der Waals surface area contributed by atoms with Crippen LogP contribution in [0.5, 0.6) is 5.75 Å². The highest BCUT2D eigenvalue weighted by molar-refractivity contribution is 6.30.